The average Bonchev–Trinajstić information content (AvgIpc) is 4.09. The fourth-order valence-electron chi connectivity index (χ4n) is 12.4. The van der Waals surface area contributed by atoms with Gasteiger partial charge in [0.25, 0.3) is 0 Å². The summed E-state index contributed by atoms with van der Waals surface area (Å²) in [6.07, 6.45) is 0. The number of benzene rings is 12. The molecule has 12 aromatic carbocycles. The lowest BCUT2D eigenvalue weighted by Gasteiger charge is -2.33. The summed E-state index contributed by atoms with van der Waals surface area (Å²) in [5.41, 5.74) is 27.3. The summed E-state index contributed by atoms with van der Waals surface area (Å²) in [6.45, 7) is 0. The van der Waals surface area contributed by atoms with Gasteiger partial charge in [-0.05, 0) is 124 Å². The summed E-state index contributed by atoms with van der Waals surface area (Å²) in [4.78, 5) is 2.54. The van der Waals surface area contributed by atoms with Crippen LogP contribution in [0, 0.1) is 0 Å². The first-order valence-corrected chi connectivity index (χ1v) is 25.7. The molecule has 0 aliphatic heterocycles. The minimum atomic E-state index is -0.509. The van der Waals surface area contributed by atoms with Crippen LogP contribution in [-0.2, 0) is 5.41 Å². The van der Waals surface area contributed by atoms with Gasteiger partial charge in [0, 0.05) is 16.8 Å². The number of para-hydroxylation sites is 2. The van der Waals surface area contributed by atoms with Crippen LogP contribution < -0.4 is 4.90 Å². The highest BCUT2D eigenvalue weighted by molar-refractivity contribution is 6.04. The van der Waals surface area contributed by atoms with Crippen molar-refractivity contribution in [3.8, 4) is 89.0 Å². The summed E-state index contributed by atoms with van der Waals surface area (Å²) in [6, 6.07) is 110. The van der Waals surface area contributed by atoms with E-state index in [-0.39, 0.29) is 0 Å². The fraction of sp³-hybridized carbons (Fsp3) is 0.0137. The number of hydrogen-bond acceptors (Lipinski definition) is 1. The van der Waals surface area contributed by atoms with E-state index in [0.717, 1.165) is 39.3 Å². The van der Waals surface area contributed by atoms with Crippen molar-refractivity contribution in [1.29, 1.82) is 0 Å². The van der Waals surface area contributed by atoms with Crippen LogP contribution in [0.15, 0.2) is 297 Å². The van der Waals surface area contributed by atoms with Crippen LogP contribution in [-0.4, -0.2) is 0 Å². The maximum atomic E-state index is 2.54. The molecular weight excluding hydrogens is 891 g/mol. The number of anilines is 3. The fourth-order valence-corrected chi connectivity index (χ4v) is 12.4. The van der Waals surface area contributed by atoms with E-state index in [1.807, 2.05) is 0 Å². The maximum Gasteiger partial charge on any atom is 0.0726 e. The minimum absolute atomic E-state index is 0.509. The highest BCUT2D eigenvalue weighted by Crippen LogP contribution is 2.63. The van der Waals surface area contributed by atoms with Crippen molar-refractivity contribution >= 4 is 17.1 Å². The summed E-state index contributed by atoms with van der Waals surface area (Å²) in [7, 11) is 0. The molecule has 0 fully saturated rings. The Morgan fingerprint density at radius 3 is 1.15 bits per heavy atom. The van der Waals surface area contributed by atoms with E-state index >= 15 is 0 Å². The molecule has 1 spiro atoms. The minimum Gasteiger partial charge on any atom is -0.309 e. The van der Waals surface area contributed by atoms with Gasteiger partial charge in [-0.2, -0.15) is 0 Å². The SMILES string of the molecule is c1ccc(-c2ccc(-c3ccccc3N(c3ccc4c(c3)C3(c5ccccc5-c5ccccc53)c3ccccc3-4)c3ccccc3-c3cccc(-c4ccccc4)c3-c3ccccc3-c3ccccc3)cc2)cc1. The van der Waals surface area contributed by atoms with Gasteiger partial charge >= 0.3 is 0 Å². The summed E-state index contributed by atoms with van der Waals surface area (Å²) < 4.78 is 0. The zero-order valence-electron chi connectivity index (χ0n) is 40.7. The van der Waals surface area contributed by atoms with Crippen LogP contribution in [0.5, 0.6) is 0 Å². The van der Waals surface area contributed by atoms with Crippen LogP contribution in [0.25, 0.3) is 89.0 Å². The van der Waals surface area contributed by atoms with E-state index in [1.165, 1.54) is 89.0 Å². The molecule has 0 radical (unpaired) electrons. The maximum absolute atomic E-state index is 2.54. The largest absolute Gasteiger partial charge is 0.309 e. The van der Waals surface area contributed by atoms with Gasteiger partial charge < -0.3 is 4.90 Å². The number of hydrogen-bond donors (Lipinski definition) is 0. The molecule has 1 heteroatoms. The Morgan fingerprint density at radius 1 is 0.203 bits per heavy atom. The van der Waals surface area contributed by atoms with Crippen molar-refractivity contribution in [2.24, 2.45) is 0 Å². The standard InChI is InChI=1S/C73H49N/c1-4-23-50(24-5-1)51-43-45-54(46-44-51)57-30-15-20-41-70(57)74(55-47-48-62-61-33-14-19-40-68(61)73(69(62)49-55)66-38-17-12-31-59(66)60-32-13-18-39-67(60)73)71-42-21-16-34-63(71)65-37-22-36-58(53-27-8-3-9-28-53)72(65)64-35-11-10-29-56(64)52-25-6-2-7-26-52/h1-49H. The molecule has 2 aliphatic carbocycles. The highest BCUT2D eigenvalue weighted by Gasteiger charge is 2.51. The lowest BCUT2D eigenvalue weighted by molar-refractivity contribution is 0.793. The quantitative estimate of drug-likeness (QED) is 0.139. The molecule has 0 amide bonds. The Balaban J connectivity index is 1.05. The highest BCUT2D eigenvalue weighted by atomic mass is 15.1. The molecule has 2 aliphatic rings. The van der Waals surface area contributed by atoms with Crippen molar-refractivity contribution in [3.63, 3.8) is 0 Å². The topological polar surface area (TPSA) is 3.24 Å². The molecule has 12 aromatic rings. The Morgan fingerprint density at radius 2 is 0.568 bits per heavy atom. The zero-order valence-corrected chi connectivity index (χ0v) is 40.7. The summed E-state index contributed by atoms with van der Waals surface area (Å²) in [5.74, 6) is 0. The molecule has 0 N–H and O–H groups in total. The van der Waals surface area contributed by atoms with E-state index in [0.29, 0.717) is 0 Å². The number of fused-ring (bicyclic) bond motifs is 10. The first kappa shape index (κ1) is 43.2. The smallest absolute Gasteiger partial charge is 0.0726 e. The van der Waals surface area contributed by atoms with Gasteiger partial charge in [0.05, 0.1) is 16.8 Å². The van der Waals surface area contributed by atoms with E-state index in [9.17, 15) is 0 Å². The molecule has 14 rings (SSSR count). The molecule has 346 valence electrons. The van der Waals surface area contributed by atoms with Gasteiger partial charge in [0.15, 0.2) is 0 Å². The molecule has 0 saturated heterocycles. The third-order valence-corrected chi connectivity index (χ3v) is 15.6. The molecule has 0 atom stereocenters. The first-order chi connectivity index (χ1) is 36.8. The monoisotopic (exact) mass is 939 g/mol. The third kappa shape index (κ3) is 6.85. The lowest BCUT2D eigenvalue weighted by Crippen LogP contribution is -2.26. The van der Waals surface area contributed by atoms with E-state index in [1.54, 1.807) is 0 Å². The molecule has 0 bridgehead atoms. The Bertz CT molecular complexity index is 3990. The van der Waals surface area contributed by atoms with Gasteiger partial charge in [-0.1, -0.05) is 273 Å². The Hall–Kier alpha value is -9.56. The van der Waals surface area contributed by atoms with Crippen molar-refractivity contribution < 1.29 is 0 Å². The lowest BCUT2D eigenvalue weighted by atomic mass is 9.70. The predicted molar refractivity (Wildman–Crippen MR) is 310 cm³/mol. The molecule has 0 saturated carbocycles. The van der Waals surface area contributed by atoms with Gasteiger partial charge in [-0.15, -0.1) is 0 Å². The number of rotatable bonds is 9. The van der Waals surface area contributed by atoms with Crippen molar-refractivity contribution in [3.05, 3.63) is 320 Å². The van der Waals surface area contributed by atoms with Crippen molar-refractivity contribution in [1.82, 2.24) is 0 Å². The molecule has 1 nitrogen and oxygen atoms in total. The van der Waals surface area contributed by atoms with Crippen LogP contribution in [0.3, 0.4) is 0 Å². The second-order valence-electron chi connectivity index (χ2n) is 19.4. The molecule has 0 unspecified atom stereocenters. The Kier molecular flexibility index (Phi) is 10.5. The second-order valence-corrected chi connectivity index (χ2v) is 19.4. The zero-order chi connectivity index (χ0) is 49.0. The van der Waals surface area contributed by atoms with Gasteiger partial charge in [0.2, 0.25) is 0 Å². The number of nitrogens with zero attached hydrogens (tertiary/aromatic N) is 1. The normalized spacial score (nSPS) is 12.4. The van der Waals surface area contributed by atoms with Crippen LogP contribution in [0.1, 0.15) is 22.3 Å². The van der Waals surface area contributed by atoms with E-state index in [4.69, 9.17) is 0 Å². The molecule has 74 heavy (non-hydrogen) atoms. The van der Waals surface area contributed by atoms with Gasteiger partial charge in [-0.3, -0.25) is 0 Å². The molecular formula is C73H49N. The summed E-state index contributed by atoms with van der Waals surface area (Å²) >= 11 is 0. The predicted octanol–water partition coefficient (Wildman–Crippen LogP) is 19.5. The van der Waals surface area contributed by atoms with Gasteiger partial charge in [-0.25, -0.2) is 0 Å². The average molecular weight is 940 g/mol. The van der Waals surface area contributed by atoms with Gasteiger partial charge in [0.1, 0.15) is 0 Å². The second kappa shape index (κ2) is 17.9. The van der Waals surface area contributed by atoms with E-state index in [2.05, 4.69) is 302 Å². The van der Waals surface area contributed by atoms with Crippen molar-refractivity contribution in [2.45, 2.75) is 5.41 Å². The Labute approximate surface area is 433 Å². The van der Waals surface area contributed by atoms with E-state index < -0.39 is 5.41 Å². The van der Waals surface area contributed by atoms with Crippen molar-refractivity contribution in [2.75, 3.05) is 4.90 Å². The molecule has 0 aromatic heterocycles. The third-order valence-electron chi connectivity index (χ3n) is 15.6. The van der Waals surface area contributed by atoms with Crippen LogP contribution in [0.2, 0.25) is 0 Å². The summed E-state index contributed by atoms with van der Waals surface area (Å²) in [5, 5.41) is 0. The first-order valence-electron chi connectivity index (χ1n) is 25.7. The molecule has 0 heterocycles. The van der Waals surface area contributed by atoms with Crippen LogP contribution in [0.4, 0.5) is 17.1 Å². The van der Waals surface area contributed by atoms with Crippen LogP contribution >= 0.6 is 0 Å².